The van der Waals surface area contributed by atoms with Crippen LogP contribution in [0.4, 0.5) is 11.6 Å². The Labute approximate surface area is 93.4 Å². The summed E-state index contributed by atoms with van der Waals surface area (Å²) in [6.07, 6.45) is 0.713. The lowest BCUT2D eigenvalue weighted by Gasteiger charge is -2.05. The molecule has 0 spiro atoms. The molecule has 0 aliphatic rings. The highest BCUT2D eigenvalue weighted by Gasteiger charge is 2.01. The third-order valence-corrected chi connectivity index (χ3v) is 2.02. The number of aromatic nitrogens is 2. The minimum Gasteiger partial charge on any atom is -0.324 e. The third kappa shape index (κ3) is 2.42. The number of hydrogen-bond donors (Lipinski definition) is 1. The zero-order valence-electron chi connectivity index (χ0n) is 8.84. The van der Waals surface area contributed by atoms with Crippen molar-refractivity contribution in [1.82, 2.24) is 9.97 Å². The predicted octanol–water partition coefficient (Wildman–Crippen LogP) is 2.34. The van der Waals surface area contributed by atoms with E-state index in [1.54, 1.807) is 6.07 Å². The molecule has 0 saturated heterocycles. The van der Waals surface area contributed by atoms with Crippen LogP contribution in [0.15, 0.2) is 36.4 Å². The molecule has 0 radical (unpaired) electrons. The van der Waals surface area contributed by atoms with Crippen LogP contribution < -0.4 is 5.32 Å². The summed E-state index contributed by atoms with van der Waals surface area (Å²) in [5.74, 6) is 0.438. The molecule has 1 N–H and O–H groups in total. The number of carbonyl (C=O) groups excluding carboxylic acids is 1. The lowest BCUT2D eigenvalue weighted by molar-refractivity contribution is 0.111. The molecule has 2 aromatic rings. The molecule has 2 rings (SSSR count). The molecule has 0 atom stereocenters. The van der Waals surface area contributed by atoms with Gasteiger partial charge in [0, 0.05) is 11.4 Å². The number of para-hydroxylation sites is 1. The normalized spacial score (nSPS) is 9.81. The van der Waals surface area contributed by atoms with Gasteiger partial charge in [0.05, 0.1) is 0 Å². The van der Waals surface area contributed by atoms with Gasteiger partial charge in [0.1, 0.15) is 5.69 Å². The van der Waals surface area contributed by atoms with Crippen LogP contribution >= 0.6 is 0 Å². The van der Waals surface area contributed by atoms with Crippen LogP contribution in [0.5, 0.6) is 0 Å². The maximum atomic E-state index is 10.6. The molecule has 0 bridgehead atoms. The van der Waals surface area contributed by atoms with Crippen molar-refractivity contribution in [3.05, 3.63) is 47.8 Å². The molecule has 0 amide bonds. The van der Waals surface area contributed by atoms with Gasteiger partial charge in [-0.2, -0.15) is 0 Å². The second-order valence-corrected chi connectivity index (χ2v) is 3.37. The van der Waals surface area contributed by atoms with Crippen molar-refractivity contribution in [2.75, 3.05) is 5.32 Å². The first-order chi connectivity index (χ1) is 7.78. The van der Waals surface area contributed by atoms with E-state index < -0.39 is 0 Å². The molecule has 0 aliphatic heterocycles. The van der Waals surface area contributed by atoms with Crippen LogP contribution in [0.2, 0.25) is 0 Å². The van der Waals surface area contributed by atoms with E-state index in [1.165, 1.54) is 0 Å². The summed E-state index contributed by atoms with van der Waals surface area (Å²) in [5, 5.41) is 3.04. The number of rotatable bonds is 3. The molecule has 0 saturated carbocycles. The molecular formula is C12H11N3O. The van der Waals surface area contributed by atoms with Crippen molar-refractivity contribution in [2.45, 2.75) is 6.92 Å². The predicted molar refractivity (Wildman–Crippen MR) is 61.9 cm³/mol. The fourth-order valence-corrected chi connectivity index (χ4v) is 1.36. The number of anilines is 2. The van der Waals surface area contributed by atoms with Crippen molar-refractivity contribution in [3.8, 4) is 0 Å². The summed E-state index contributed by atoms with van der Waals surface area (Å²) in [4.78, 5) is 18.9. The number of nitrogens with one attached hydrogen (secondary N) is 1. The lowest BCUT2D eigenvalue weighted by atomic mass is 10.3. The first-order valence-electron chi connectivity index (χ1n) is 4.91. The maximum absolute atomic E-state index is 10.6. The van der Waals surface area contributed by atoms with Crippen LogP contribution in [0.1, 0.15) is 16.2 Å². The molecule has 0 fully saturated rings. The van der Waals surface area contributed by atoms with Gasteiger partial charge in [0.2, 0.25) is 5.95 Å². The zero-order chi connectivity index (χ0) is 11.4. The Hall–Kier alpha value is -2.23. The van der Waals surface area contributed by atoms with Crippen molar-refractivity contribution < 1.29 is 4.79 Å². The Morgan fingerprint density at radius 3 is 2.62 bits per heavy atom. The van der Waals surface area contributed by atoms with Crippen LogP contribution in [-0.4, -0.2) is 16.3 Å². The minimum absolute atomic E-state index is 0.380. The van der Waals surface area contributed by atoms with Crippen molar-refractivity contribution in [2.24, 2.45) is 0 Å². The van der Waals surface area contributed by atoms with E-state index in [1.807, 2.05) is 37.3 Å². The molecule has 1 aromatic carbocycles. The van der Waals surface area contributed by atoms with Crippen LogP contribution in [0.25, 0.3) is 0 Å². The molecule has 1 aromatic heterocycles. The first kappa shape index (κ1) is 10.3. The van der Waals surface area contributed by atoms with Crippen molar-refractivity contribution in [3.63, 3.8) is 0 Å². The molecular weight excluding hydrogens is 202 g/mol. The van der Waals surface area contributed by atoms with Gasteiger partial charge < -0.3 is 5.32 Å². The number of aldehydes is 1. The largest absolute Gasteiger partial charge is 0.324 e. The molecule has 0 unspecified atom stereocenters. The summed E-state index contributed by atoms with van der Waals surface area (Å²) in [5.41, 5.74) is 2.03. The van der Waals surface area contributed by atoms with Gasteiger partial charge in [-0.1, -0.05) is 18.2 Å². The van der Waals surface area contributed by atoms with Crippen LogP contribution in [0, 0.1) is 6.92 Å². The average molecular weight is 213 g/mol. The number of nitrogens with zero attached hydrogens (tertiary/aromatic N) is 2. The standard InChI is InChI=1S/C12H11N3O/c1-9-7-11(8-16)15-12(13-9)14-10-5-3-2-4-6-10/h2-8H,1H3,(H,13,14,15). The van der Waals surface area contributed by atoms with E-state index in [2.05, 4.69) is 15.3 Å². The van der Waals surface area contributed by atoms with Crippen molar-refractivity contribution >= 4 is 17.9 Å². The molecule has 1 heterocycles. The molecule has 16 heavy (non-hydrogen) atoms. The Balaban J connectivity index is 2.28. The summed E-state index contributed by atoms with van der Waals surface area (Å²) in [7, 11) is 0. The number of aryl methyl sites for hydroxylation is 1. The molecule has 4 nitrogen and oxygen atoms in total. The third-order valence-electron chi connectivity index (χ3n) is 2.02. The quantitative estimate of drug-likeness (QED) is 0.795. The average Bonchev–Trinajstić information content (AvgIpc) is 2.29. The highest BCUT2D eigenvalue weighted by Crippen LogP contribution is 2.12. The number of benzene rings is 1. The molecule has 80 valence electrons. The maximum Gasteiger partial charge on any atom is 0.228 e. The topological polar surface area (TPSA) is 54.9 Å². The fraction of sp³-hybridized carbons (Fsp3) is 0.0833. The summed E-state index contributed by atoms with van der Waals surface area (Å²) in [6.45, 7) is 1.82. The van der Waals surface area contributed by atoms with Gasteiger partial charge in [-0.15, -0.1) is 0 Å². The minimum atomic E-state index is 0.380. The number of carbonyl (C=O) groups is 1. The van der Waals surface area contributed by atoms with E-state index in [0.29, 0.717) is 17.9 Å². The summed E-state index contributed by atoms with van der Waals surface area (Å²) in [6, 6.07) is 11.2. The van der Waals surface area contributed by atoms with E-state index in [4.69, 9.17) is 0 Å². The smallest absolute Gasteiger partial charge is 0.228 e. The second-order valence-electron chi connectivity index (χ2n) is 3.37. The van der Waals surface area contributed by atoms with Crippen LogP contribution in [-0.2, 0) is 0 Å². The van der Waals surface area contributed by atoms with E-state index >= 15 is 0 Å². The van der Waals surface area contributed by atoms with Gasteiger partial charge in [-0.25, -0.2) is 9.97 Å². The Bertz CT molecular complexity index is 497. The van der Waals surface area contributed by atoms with Gasteiger partial charge in [0.25, 0.3) is 0 Å². The second kappa shape index (κ2) is 4.53. The number of hydrogen-bond acceptors (Lipinski definition) is 4. The van der Waals surface area contributed by atoms with E-state index in [-0.39, 0.29) is 0 Å². The van der Waals surface area contributed by atoms with Gasteiger partial charge in [-0.3, -0.25) is 4.79 Å². The van der Waals surface area contributed by atoms with E-state index in [9.17, 15) is 4.79 Å². The van der Waals surface area contributed by atoms with Crippen LogP contribution in [0.3, 0.4) is 0 Å². The SMILES string of the molecule is Cc1cc(C=O)nc(Nc2ccccc2)n1. The highest BCUT2D eigenvalue weighted by atomic mass is 16.1. The Kier molecular flexibility index (Phi) is 2.91. The van der Waals surface area contributed by atoms with Gasteiger partial charge in [0.15, 0.2) is 6.29 Å². The zero-order valence-corrected chi connectivity index (χ0v) is 8.84. The monoisotopic (exact) mass is 213 g/mol. The Morgan fingerprint density at radius 2 is 1.94 bits per heavy atom. The highest BCUT2D eigenvalue weighted by molar-refractivity contribution is 5.72. The summed E-state index contributed by atoms with van der Waals surface area (Å²) >= 11 is 0. The van der Waals surface area contributed by atoms with Gasteiger partial charge >= 0.3 is 0 Å². The molecule has 0 aliphatic carbocycles. The molecule has 4 heteroatoms. The summed E-state index contributed by atoms with van der Waals surface area (Å²) < 4.78 is 0. The first-order valence-corrected chi connectivity index (χ1v) is 4.91. The van der Waals surface area contributed by atoms with Crippen molar-refractivity contribution in [1.29, 1.82) is 0 Å². The lowest BCUT2D eigenvalue weighted by Crippen LogP contribution is -2.01. The van der Waals surface area contributed by atoms with E-state index in [0.717, 1.165) is 11.4 Å². The van der Waals surface area contributed by atoms with Gasteiger partial charge in [-0.05, 0) is 25.1 Å². The fourth-order valence-electron chi connectivity index (χ4n) is 1.36. The Morgan fingerprint density at radius 1 is 1.19 bits per heavy atom.